The first-order valence-corrected chi connectivity index (χ1v) is 6.63. The normalized spacial score (nSPS) is 11.2. The van der Waals surface area contributed by atoms with Crippen LogP contribution in [0.2, 0.25) is 0 Å². The van der Waals surface area contributed by atoms with Gasteiger partial charge in [0.1, 0.15) is 5.82 Å². The number of carboxylic acid groups (broad SMARTS) is 1. The largest absolute Gasteiger partial charge is 0.478 e. The van der Waals surface area contributed by atoms with E-state index in [-0.39, 0.29) is 17.2 Å². The average Bonchev–Trinajstić information content (AvgIpc) is 2.20. The zero-order chi connectivity index (χ0) is 13.1. The Morgan fingerprint density at radius 3 is 2.65 bits per heavy atom. The van der Waals surface area contributed by atoms with E-state index in [4.69, 9.17) is 16.7 Å². The maximum Gasteiger partial charge on any atom is 0.335 e. The molecule has 1 aromatic carbocycles. The predicted molar refractivity (Wildman–Crippen MR) is 61.5 cm³/mol. The first-order chi connectivity index (χ1) is 7.85. The third kappa shape index (κ3) is 3.86. The molecule has 0 saturated carbocycles. The number of carboxylic acids is 1. The van der Waals surface area contributed by atoms with Gasteiger partial charge in [0.15, 0.2) is 0 Å². The van der Waals surface area contributed by atoms with Gasteiger partial charge in [0.25, 0.3) is 0 Å². The maximum atomic E-state index is 13.3. The highest BCUT2D eigenvalue weighted by Gasteiger charge is 2.14. The first-order valence-electron chi connectivity index (χ1n) is 4.45. The van der Waals surface area contributed by atoms with Crippen LogP contribution < -0.4 is 4.72 Å². The van der Waals surface area contributed by atoms with Crippen LogP contribution in [0.25, 0.3) is 0 Å². The van der Waals surface area contributed by atoms with Crippen molar-refractivity contribution in [2.24, 2.45) is 0 Å². The number of hydrogen-bond donors (Lipinski definition) is 2. The molecular formula is C9H9ClFNO4S. The van der Waals surface area contributed by atoms with E-state index in [9.17, 15) is 17.6 Å². The predicted octanol–water partition coefficient (Wildman–Crippen LogP) is 1.50. The summed E-state index contributed by atoms with van der Waals surface area (Å²) in [6, 6.07) is 2.82. The van der Waals surface area contributed by atoms with Crippen molar-refractivity contribution in [1.82, 2.24) is 0 Å². The number of sulfonamides is 1. The number of anilines is 1. The molecule has 0 aliphatic heterocycles. The molecule has 0 bridgehead atoms. The lowest BCUT2D eigenvalue weighted by atomic mass is 10.2. The van der Waals surface area contributed by atoms with Gasteiger partial charge in [-0.05, 0) is 18.2 Å². The fourth-order valence-corrected chi connectivity index (χ4v) is 2.46. The third-order valence-corrected chi connectivity index (χ3v) is 3.51. The Bertz CT molecular complexity index is 532. The summed E-state index contributed by atoms with van der Waals surface area (Å²) in [7, 11) is -3.76. The molecule has 0 saturated heterocycles. The minimum atomic E-state index is -3.76. The van der Waals surface area contributed by atoms with Crippen molar-refractivity contribution in [2.45, 2.75) is 0 Å². The molecular weight excluding hydrogens is 273 g/mol. The van der Waals surface area contributed by atoms with Crippen LogP contribution in [0.5, 0.6) is 0 Å². The fraction of sp³-hybridized carbons (Fsp3) is 0.222. The monoisotopic (exact) mass is 281 g/mol. The van der Waals surface area contributed by atoms with Crippen molar-refractivity contribution < 1.29 is 22.7 Å². The number of alkyl halides is 1. The van der Waals surface area contributed by atoms with E-state index in [1.54, 1.807) is 0 Å². The van der Waals surface area contributed by atoms with Crippen LogP contribution in [-0.2, 0) is 10.0 Å². The Kier molecular flexibility index (Phi) is 4.30. The minimum Gasteiger partial charge on any atom is -0.478 e. The van der Waals surface area contributed by atoms with Crippen molar-refractivity contribution in [3.05, 3.63) is 29.6 Å². The van der Waals surface area contributed by atoms with Crippen LogP contribution in [0.1, 0.15) is 10.4 Å². The van der Waals surface area contributed by atoms with E-state index in [2.05, 4.69) is 0 Å². The van der Waals surface area contributed by atoms with Crippen molar-refractivity contribution >= 4 is 33.3 Å². The lowest BCUT2D eigenvalue weighted by molar-refractivity contribution is 0.0697. The second kappa shape index (κ2) is 5.33. The molecule has 94 valence electrons. The van der Waals surface area contributed by atoms with E-state index in [1.807, 2.05) is 4.72 Å². The molecule has 8 heteroatoms. The van der Waals surface area contributed by atoms with Gasteiger partial charge in [-0.15, -0.1) is 11.6 Å². The smallest absolute Gasteiger partial charge is 0.335 e. The Balaban J connectivity index is 3.06. The molecule has 0 amide bonds. The molecule has 2 N–H and O–H groups in total. The van der Waals surface area contributed by atoms with Gasteiger partial charge < -0.3 is 5.11 Å². The molecule has 0 aromatic heterocycles. The van der Waals surface area contributed by atoms with Crippen LogP contribution in [0.15, 0.2) is 18.2 Å². The van der Waals surface area contributed by atoms with Gasteiger partial charge in [-0.3, -0.25) is 4.72 Å². The third-order valence-electron chi connectivity index (χ3n) is 1.82. The molecule has 17 heavy (non-hydrogen) atoms. The summed E-state index contributed by atoms with van der Waals surface area (Å²) in [6.45, 7) is 0. The highest BCUT2D eigenvalue weighted by molar-refractivity contribution is 7.92. The fourth-order valence-electron chi connectivity index (χ4n) is 1.06. The number of aromatic carboxylic acids is 1. The molecule has 0 fully saturated rings. The van der Waals surface area contributed by atoms with Gasteiger partial charge in [-0.2, -0.15) is 0 Å². The highest BCUT2D eigenvalue weighted by atomic mass is 35.5. The highest BCUT2D eigenvalue weighted by Crippen LogP contribution is 2.17. The molecule has 0 radical (unpaired) electrons. The maximum absolute atomic E-state index is 13.3. The number of halogens is 2. The van der Waals surface area contributed by atoms with Crippen LogP contribution in [0.3, 0.4) is 0 Å². The molecule has 1 rings (SSSR count). The van der Waals surface area contributed by atoms with Gasteiger partial charge in [-0.1, -0.05) is 0 Å². The van der Waals surface area contributed by atoms with E-state index in [0.29, 0.717) is 0 Å². The quantitative estimate of drug-likeness (QED) is 0.801. The second-order valence-electron chi connectivity index (χ2n) is 3.11. The minimum absolute atomic E-state index is 0.143. The van der Waals surface area contributed by atoms with E-state index < -0.39 is 27.5 Å². The Morgan fingerprint density at radius 1 is 1.47 bits per heavy atom. The molecule has 0 heterocycles. The SMILES string of the molecule is O=C(O)c1ccc(F)c(NS(=O)(=O)CCCl)c1. The number of rotatable bonds is 5. The summed E-state index contributed by atoms with van der Waals surface area (Å²) >= 11 is 5.27. The zero-order valence-electron chi connectivity index (χ0n) is 8.48. The van der Waals surface area contributed by atoms with Crippen LogP contribution in [-0.4, -0.2) is 31.1 Å². The number of benzene rings is 1. The van der Waals surface area contributed by atoms with Gasteiger partial charge >= 0.3 is 5.97 Å². The van der Waals surface area contributed by atoms with Crippen molar-refractivity contribution in [3.8, 4) is 0 Å². The van der Waals surface area contributed by atoms with Crippen LogP contribution in [0.4, 0.5) is 10.1 Å². The summed E-state index contributed by atoms with van der Waals surface area (Å²) in [6.07, 6.45) is 0. The summed E-state index contributed by atoms with van der Waals surface area (Å²) < 4.78 is 37.8. The summed E-state index contributed by atoms with van der Waals surface area (Å²) in [5.41, 5.74) is -0.620. The van der Waals surface area contributed by atoms with Crippen molar-refractivity contribution in [1.29, 1.82) is 0 Å². The Labute approximate surface area is 102 Å². The van der Waals surface area contributed by atoms with Crippen LogP contribution >= 0.6 is 11.6 Å². The molecule has 0 atom stereocenters. The molecule has 5 nitrogen and oxygen atoms in total. The number of hydrogen-bond acceptors (Lipinski definition) is 3. The van der Waals surface area contributed by atoms with Crippen molar-refractivity contribution in [2.75, 3.05) is 16.4 Å². The van der Waals surface area contributed by atoms with Gasteiger partial charge in [0.2, 0.25) is 10.0 Å². The molecule has 0 aliphatic carbocycles. The molecule has 0 spiro atoms. The van der Waals surface area contributed by atoms with E-state index in [1.165, 1.54) is 0 Å². The molecule has 1 aromatic rings. The topological polar surface area (TPSA) is 83.5 Å². The van der Waals surface area contributed by atoms with E-state index in [0.717, 1.165) is 18.2 Å². The van der Waals surface area contributed by atoms with Gasteiger partial charge in [0, 0.05) is 5.88 Å². The summed E-state index contributed by atoms with van der Waals surface area (Å²) in [5.74, 6) is -2.66. The average molecular weight is 282 g/mol. The molecule has 0 aliphatic rings. The van der Waals surface area contributed by atoms with Crippen LogP contribution in [0, 0.1) is 5.82 Å². The lowest BCUT2D eigenvalue weighted by Gasteiger charge is -2.08. The molecule has 0 unspecified atom stereocenters. The Hall–Kier alpha value is -1.34. The number of carbonyl (C=O) groups is 1. The standard InChI is InChI=1S/C9H9ClFNO4S/c10-3-4-17(15,16)12-8-5-6(9(13)14)1-2-7(8)11/h1-2,5,12H,3-4H2,(H,13,14). The lowest BCUT2D eigenvalue weighted by Crippen LogP contribution is -2.18. The number of nitrogens with one attached hydrogen (secondary N) is 1. The second-order valence-corrected chi connectivity index (χ2v) is 5.33. The van der Waals surface area contributed by atoms with Gasteiger partial charge in [0.05, 0.1) is 17.0 Å². The van der Waals surface area contributed by atoms with Gasteiger partial charge in [-0.25, -0.2) is 17.6 Å². The Morgan fingerprint density at radius 2 is 2.12 bits per heavy atom. The van der Waals surface area contributed by atoms with E-state index >= 15 is 0 Å². The zero-order valence-corrected chi connectivity index (χ0v) is 10.1. The summed E-state index contributed by atoms with van der Waals surface area (Å²) in [4.78, 5) is 10.6. The summed E-state index contributed by atoms with van der Waals surface area (Å²) in [5, 5.41) is 8.68. The van der Waals surface area contributed by atoms with Crippen molar-refractivity contribution in [3.63, 3.8) is 0 Å². The first kappa shape index (κ1) is 13.7.